The zero-order chi connectivity index (χ0) is 13.8. The van der Waals surface area contributed by atoms with E-state index in [0.717, 1.165) is 5.56 Å². The minimum Gasteiger partial charge on any atom is -0.342 e. The number of hydrogen-bond donors (Lipinski definition) is 1. The van der Waals surface area contributed by atoms with Gasteiger partial charge in [0.1, 0.15) is 0 Å². The molecule has 102 valence electrons. The fourth-order valence-corrected chi connectivity index (χ4v) is 2.14. The van der Waals surface area contributed by atoms with Crippen molar-refractivity contribution in [2.75, 3.05) is 26.7 Å². The van der Waals surface area contributed by atoms with Gasteiger partial charge in [0.2, 0.25) is 11.8 Å². The van der Waals surface area contributed by atoms with Crippen molar-refractivity contribution in [1.29, 1.82) is 0 Å². The molecule has 1 atom stereocenters. The lowest BCUT2D eigenvalue weighted by molar-refractivity contribution is -0.144. The van der Waals surface area contributed by atoms with Gasteiger partial charge in [0.15, 0.2) is 0 Å². The number of rotatable bonds is 3. The Bertz CT molecular complexity index is 461. The highest BCUT2D eigenvalue weighted by Crippen LogP contribution is 2.07. The fraction of sp³-hybridized carbons (Fsp3) is 0.429. The molecular weight excluding hydrogens is 242 g/mol. The van der Waals surface area contributed by atoms with Crippen molar-refractivity contribution in [3.05, 3.63) is 35.9 Å². The number of carbonyl (C=O) groups is 2. The van der Waals surface area contributed by atoms with E-state index in [0.29, 0.717) is 19.5 Å². The molecule has 2 rings (SSSR count). The standard InChI is InChI=1S/C14H19N3O2/c1-16-7-8-17(10-13(16)18)14(19)12(15)9-11-5-3-2-4-6-11/h2-6,12H,7-10,15H2,1H3/t12-/m1/s1. The molecule has 2 amide bonds. The third-order valence-electron chi connectivity index (χ3n) is 3.38. The number of likely N-dealkylation sites (N-methyl/N-ethyl adjacent to an activating group) is 1. The maximum atomic E-state index is 12.2. The summed E-state index contributed by atoms with van der Waals surface area (Å²) >= 11 is 0. The molecule has 0 bridgehead atoms. The molecule has 5 nitrogen and oxygen atoms in total. The first kappa shape index (κ1) is 13.5. The van der Waals surface area contributed by atoms with Crippen molar-refractivity contribution in [2.45, 2.75) is 12.5 Å². The molecule has 0 spiro atoms. The Labute approximate surface area is 113 Å². The molecule has 1 aliphatic heterocycles. The molecule has 0 aliphatic carbocycles. The lowest BCUT2D eigenvalue weighted by Gasteiger charge is -2.33. The molecular formula is C14H19N3O2. The van der Waals surface area contributed by atoms with E-state index in [9.17, 15) is 9.59 Å². The van der Waals surface area contributed by atoms with Gasteiger partial charge < -0.3 is 15.5 Å². The van der Waals surface area contributed by atoms with E-state index in [1.54, 1.807) is 16.8 Å². The average Bonchev–Trinajstić information content (AvgIpc) is 2.42. The summed E-state index contributed by atoms with van der Waals surface area (Å²) in [6.45, 7) is 1.27. The summed E-state index contributed by atoms with van der Waals surface area (Å²) in [6.07, 6.45) is 0.500. The van der Waals surface area contributed by atoms with Crippen LogP contribution in [-0.2, 0) is 16.0 Å². The topological polar surface area (TPSA) is 66.6 Å². The molecule has 0 saturated carbocycles. The smallest absolute Gasteiger partial charge is 0.241 e. The zero-order valence-electron chi connectivity index (χ0n) is 11.1. The number of carbonyl (C=O) groups excluding carboxylic acids is 2. The highest BCUT2D eigenvalue weighted by Gasteiger charge is 2.28. The predicted octanol–water partition coefficient (Wildman–Crippen LogP) is -0.143. The van der Waals surface area contributed by atoms with Crippen molar-refractivity contribution >= 4 is 11.8 Å². The number of benzene rings is 1. The average molecular weight is 261 g/mol. The van der Waals surface area contributed by atoms with E-state index in [-0.39, 0.29) is 18.4 Å². The van der Waals surface area contributed by atoms with Crippen LogP contribution in [0.1, 0.15) is 5.56 Å². The van der Waals surface area contributed by atoms with Crippen LogP contribution in [0.4, 0.5) is 0 Å². The second-order valence-corrected chi connectivity index (χ2v) is 4.87. The molecule has 1 heterocycles. The van der Waals surface area contributed by atoms with Gasteiger partial charge in [-0.1, -0.05) is 30.3 Å². The third kappa shape index (κ3) is 3.32. The number of nitrogens with two attached hydrogens (primary N) is 1. The Morgan fingerprint density at radius 1 is 1.32 bits per heavy atom. The van der Waals surface area contributed by atoms with E-state index in [2.05, 4.69) is 0 Å². The quantitative estimate of drug-likeness (QED) is 0.823. The first-order valence-electron chi connectivity index (χ1n) is 6.40. The van der Waals surface area contributed by atoms with Gasteiger partial charge in [-0.2, -0.15) is 0 Å². The molecule has 1 fully saturated rings. The Morgan fingerprint density at radius 3 is 2.63 bits per heavy atom. The predicted molar refractivity (Wildman–Crippen MR) is 72.3 cm³/mol. The maximum absolute atomic E-state index is 12.2. The highest BCUT2D eigenvalue weighted by atomic mass is 16.2. The number of amides is 2. The Morgan fingerprint density at radius 2 is 2.00 bits per heavy atom. The molecule has 1 aromatic carbocycles. The summed E-state index contributed by atoms with van der Waals surface area (Å²) in [5, 5.41) is 0. The fourth-order valence-electron chi connectivity index (χ4n) is 2.14. The second-order valence-electron chi connectivity index (χ2n) is 4.87. The van der Waals surface area contributed by atoms with Gasteiger partial charge in [-0.3, -0.25) is 9.59 Å². The molecule has 0 aromatic heterocycles. The van der Waals surface area contributed by atoms with E-state index in [1.807, 2.05) is 30.3 Å². The van der Waals surface area contributed by atoms with Crippen LogP contribution in [0.2, 0.25) is 0 Å². The van der Waals surface area contributed by atoms with Gasteiger partial charge in [-0.15, -0.1) is 0 Å². The van der Waals surface area contributed by atoms with E-state index in [1.165, 1.54) is 0 Å². The summed E-state index contributed by atoms with van der Waals surface area (Å²) in [7, 11) is 1.74. The van der Waals surface area contributed by atoms with Crippen molar-refractivity contribution in [2.24, 2.45) is 5.73 Å². The highest BCUT2D eigenvalue weighted by molar-refractivity contribution is 5.88. The number of hydrogen-bond acceptors (Lipinski definition) is 3. The lowest BCUT2D eigenvalue weighted by Crippen LogP contribution is -2.55. The van der Waals surface area contributed by atoms with Gasteiger partial charge in [0.05, 0.1) is 12.6 Å². The van der Waals surface area contributed by atoms with Crippen LogP contribution < -0.4 is 5.73 Å². The van der Waals surface area contributed by atoms with Crippen LogP contribution in [0.15, 0.2) is 30.3 Å². The van der Waals surface area contributed by atoms with Gasteiger partial charge in [0, 0.05) is 20.1 Å². The number of nitrogens with zero attached hydrogens (tertiary/aromatic N) is 2. The van der Waals surface area contributed by atoms with Crippen LogP contribution in [0.3, 0.4) is 0 Å². The molecule has 1 aromatic rings. The minimum absolute atomic E-state index is 0.0356. The lowest BCUT2D eigenvalue weighted by atomic mass is 10.1. The van der Waals surface area contributed by atoms with Crippen molar-refractivity contribution in [3.63, 3.8) is 0 Å². The Hall–Kier alpha value is -1.88. The maximum Gasteiger partial charge on any atom is 0.241 e. The van der Waals surface area contributed by atoms with Gasteiger partial charge in [-0.05, 0) is 12.0 Å². The summed E-state index contributed by atoms with van der Waals surface area (Å²) in [5.41, 5.74) is 6.98. The Kier molecular flexibility index (Phi) is 4.16. The van der Waals surface area contributed by atoms with Gasteiger partial charge >= 0.3 is 0 Å². The van der Waals surface area contributed by atoms with E-state index < -0.39 is 6.04 Å². The SMILES string of the molecule is CN1CCN(C(=O)[C@H](N)Cc2ccccc2)CC1=O. The molecule has 1 aliphatic rings. The van der Waals surface area contributed by atoms with Crippen LogP contribution in [0, 0.1) is 0 Å². The normalized spacial score (nSPS) is 17.5. The molecule has 5 heteroatoms. The zero-order valence-corrected chi connectivity index (χ0v) is 11.1. The molecule has 0 unspecified atom stereocenters. The van der Waals surface area contributed by atoms with Crippen molar-refractivity contribution < 1.29 is 9.59 Å². The van der Waals surface area contributed by atoms with Gasteiger partial charge in [0.25, 0.3) is 0 Å². The van der Waals surface area contributed by atoms with Crippen LogP contribution in [0.25, 0.3) is 0 Å². The number of piperazine rings is 1. The van der Waals surface area contributed by atoms with Crippen LogP contribution >= 0.6 is 0 Å². The molecule has 2 N–H and O–H groups in total. The van der Waals surface area contributed by atoms with E-state index in [4.69, 9.17) is 5.73 Å². The van der Waals surface area contributed by atoms with Crippen molar-refractivity contribution in [1.82, 2.24) is 9.80 Å². The third-order valence-corrected chi connectivity index (χ3v) is 3.38. The summed E-state index contributed by atoms with van der Waals surface area (Å²) in [5.74, 6) is -0.184. The first-order valence-corrected chi connectivity index (χ1v) is 6.40. The minimum atomic E-state index is -0.585. The van der Waals surface area contributed by atoms with Gasteiger partial charge in [-0.25, -0.2) is 0 Å². The molecule has 0 radical (unpaired) electrons. The molecule has 19 heavy (non-hydrogen) atoms. The summed E-state index contributed by atoms with van der Waals surface area (Å²) in [6, 6.07) is 9.08. The first-order chi connectivity index (χ1) is 9.08. The van der Waals surface area contributed by atoms with Crippen LogP contribution in [0.5, 0.6) is 0 Å². The molecule has 1 saturated heterocycles. The summed E-state index contributed by atoms with van der Waals surface area (Å²) in [4.78, 5) is 26.9. The van der Waals surface area contributed by atoms with E-state index >= 15 is 0 Å². The van der Waals surface area contributed by atoms with Crippen molar-refractivity contribution in [3.8, 4) is 0 Å². The second kappa shape index (κ2) is 5.84. The summed E-state index contributed by atoms with van der Waals surface area (Å²) < 4.78 is 0. The van der Waals surface area contributed by atoms with Crippen LogP contribution in [-0.4, -0.2) is 54.3 Å². The largest absolute Gasteiger partial charge is 0.342 e. The monoisotopic (exact) mass is 261 g/mol. The Balaban J connectivity index is 1.94.